The summed E-state index contributed by atoms with van der Waals surface area (Å²) < 4.78 is 0. The smallest absolute Gasteiger partial charge is 0.135 e. The van der Waals surface area contributed by atoms with E-state index in [9.17, 15) is 0 Å². The van der Waals surface area contributed by atoms with E-state index < -0.39 is 0 Å². The molecule has 2 aromatic heterocycles. The van der Waals surface area contributed by atoms with Crippen molar-refractivity contribution in [3.8, 4) is 10.6 Å². The van der Waals surface area contributed by atoms with Crippen molar-refractivity contribution >= 4 is 17.2 Å². The van der Waals surface area contributed by atoms with Crippen molar-refractivity contribution in [2.24, 2.45) is 0 Å². The Morgan fingerprint density at radius 3 is 2.44 bits per heavy atom. The molecule has 2 N–H and O–H groups in total. The van der Waals surface area contributed by atoms with Crippen molar-refractivity contribution in [3.05, 3.63) is 29.4 Å². The maximum Gasteiger partial charge on any atom is 0.135 e. The number of pyridine rings is 1. The molecule has 3 nitrogen and oxygen atoms in total. The Hall–Kier alpha value is -1.42. The minimum Gasteiger partial charge on any atom is -0.383 e. The maximum absolute atomic E-state index is 5.59. The number of aromatic nitrogens is 2. The lowest BCUT2D eigenvalue weighted by Gasteiger charge is -2.17. The normalized spacial score (nSPS) is 11.7. The molecule has 0 aromatic carbocycles. The monoisotopic (exact) mass is 233 g/mol. The fraction of sp³-hybridized carbons (Fsp3) is 0.333. The summed E-state index contributed by atoms with van der Waals surface area (Å²) in [4.78, 5) is 8.69. The lowest BCUT2D eigenvalue weighted by molar-refractivity contribution is 0.569. The van der Waals surface area contributed by atoms with Crippen LogP contribution in [0.5, 0.6) is 0 Å². The molecule has 0 fully saturated rings. The highest BCUT2D eigenvalue weighted by Crippen LogP contribution is 2.26. The van der Waals surface area contributed by atoms with Crippen LogP contribution >= 0.6 is 11.3 Å². The van der Waals surface area contributed by atoms with Gasteiger partial charge in [-0.2, -0.15) is 0 Å². The molecule has 0 saturated carbocycles. The molecule has 4 heteroatoms. The van der Waals surface area contributed by atoms with Crippen LogP contribution in [0.1, 0.15) is 26.5 Å². The highest BCUT2D eigenvalue weighted by Gasteiger charge is 2.15. The Labute approximate surface area is 99.4 Å². The van der Waals surface area contributed by atoms with Gasteiger partial charge in [0, 0.05) is 28.2 Å². The van der Waals surface area contributed by atoms with Crippen molar-refractivity contribution in [1.29, 1.82) is 0 Å². The lowest BCUT2D eigenvalue weighted by Crippen LogP contribution is -2.12. The van der Waals surface area contributed by atoms with Gasteiger partial charge in [-0.3, -0.25) is 4.98 Å². The third-order valence-corrected chi connectivity index (χ3v) is 3.21. The summed E-state index contributed by atoms with van der Waals surface area (Å²) >= 11 is 1.54. The highest BCUT2D eigenvalue weighted by molar-refractivity contribution is 7.13. The Morgan fingerprint density at radius 2 is 2.00 bits per heavy atom. The van der Waals surface area contributed by atoms with E-state index in [-0.39, 0.29) is 5.41 Å². The van der Waals surface area contributed by atoms with Gasteiger partial charge in [-0.1, -0.05) is 20.8 Å². The molecule has 2 heterocycles. The number of rotatable bonds is 1. The zero-order chi connectivity index (χ0) is 11.8. The van der Waals surface area contributed by atoms with E-state index >= 15 is 0 Å². The number of nitrogens with two attached hydrogens (primary N) is 1. The number of hydrogen-bond donors (Lipinski definition) is 1. The van der Waals surface area contributed by atoms with Crippen LogP contribution in [0.25, 0.3) is 10.6 Å². The van der Waals surface area contributed by atoms with Crippen LogP contribution in [0, 0.1) is 0 Å². The number of hydrogen-bond acceptors (Lipinski definition) is 4. The van der Waals surface area contributed by atoms with E-state index in [1.807, 2.05) is 23.7 Å². The van der Waals surface area contributed by atoms with E-state index in [0.717, 1.165) is 16.3 Å². The fourth-order valence-electron chi connectivity index (χ4n) is 1.38. The van der Waals surface area contributed by atoms with Crippen LogP contribution in [-0.2, 0) is 5.41 Å². The van der Waals surface area contributed by atoms with Gasteiger partial charge >= 0.3 is 0 Å². The first-order chi connectivity index (χ1) is 7.47. The largest absolute Gasteiger partial charge is 0.383 e. The molecule has 0 amide bonds. The van der Waals surface area contributed by atoms with Crippen molar-refractivity contribution < 1.29 is 0 Å². The Kier molecular flexibility index (Phi) is 2.68. The molecule has 0 unspecified atom stereocenters. The standard InChI is InChI=1S/C12H15N3S/c1-12(2,3)9-5-4-8(6-14-9)11-15-10(13)7-16-11/h4-7H,13H2,1-3H3. The van der Waals surface area contributed by atoms with Gasteiger partial charge in [0.05, 0.1) is 0 Å². The quantitative estimate of drug-likeness (QED) is 0.823. The summed E-state index contributed by atoms with van der Waals surface area (Å²) in [6.45, 7) is 6.45. The summed E-state index contributed by atoms with van der Waals surface area (Å²) in [6.07, 6.45) is 1.86. The second-order valence-corrected chi connectivity index (χ2v) is 5.62. The molecule has 0 atom stereocenters. The molecule has 84 valence electrons. The van der Waals surface area contributed by atoms with Gasteiger partial charge in [0.2, 0.25) is 0 Å². The zero-order valence-corrected chi connectivity index (χ0v) is 10.5. The van der Waals surface area contributed by atoms with Gasteiger partial charge in [0.1, 0.15) is 10.8 Å². The molecule has 0 aliphatic carbocycles. The molecular weight excluding hydrogens is 218 g/mol. The van der Waals surface area contributed by atoms with E-state index in [1.165, 1.54) is 11.3 Å². The van der Waals surface area contributed by atoms with Crippen LogP contribution in [0.2, 0.25) is 0 Å². The fourth-order valence-corrected chi connectivity index (χ4v) is 2.08. The summed E-state index contributed by atoms with van der Waals surface area (Å²) in [5.74, 6) is 0.569. The third kappa shape index (κ3) is 2.22. The zero-order valence-electron chi connectivity index (χ0n) is 9.69. The number of anilines is 1. The minimum absolute atomic E-state index is 0.0838. The van der Waals surface area contributed by atoms with Crippen LogP contribution < -0.4 is 5.73 Å². The first kappa shape index (κ1) is 11.1. The second kappa shape index (κ2) is 3.87. The maximum atomic E-state index is 5.59. The molecule has 0 aliphatic rings. The van der Waals surface area contributed by atoms with Gasteiger partial charge in [0.25, 0.3) is 0 Å². The van der Waals surface area contributed by atoms with Crippen molar-refractivity contribution in [3.63, 3.8) is 0 Å². The lowest BCUT2D eigenvalue weighted by atomic mass is 9.91. The average molecular weight is 233 g/mol. The van der Waals surface area contributed by atoms with Gasteiger partial charge in [-0.15, -0.1) is 11.3 Å². The van der Waals surface area contributed by atoms with Crippen LogP contribution in [0.4, 0.5) is 5.82 Å². The average Bonchev–Trinajstić information content (AvgIpc) is 2.64. The summed E-state index contributed by atoms with van der Waals surface area (Å²) in [5.41, 5.74) is 7.78. The van der Waals surface area contributed by atoms with Gasteiger partial charge in [0.15, 0.2) is 0 Å². The van der Waals surface area contributed by atoms with E-state index in [2.05, 4.69) is 30.7 Å². The molecule has 2 rings (SSSR count). The highest BCUT2D eigenvalue weighted by atomic mass is 32.1. The minimum atomic E-state index is 0.0838. The first-order valence-electron chi connectivity index (χ1n) is 5.15. The van der Waals surface area contributed by atoms with Gasteiger partial charge in [-0.05, 0) is 12.1 Å². The summed E-state index contributed by atoms with van der Waals surface area (Å²) in [5, 5.41) is 2.76. The van der Waals surface area contributed by atoms with Crippen LogP contribution in [0.15, 0.2) is 23.7 Å². The van der Waals surface area contributed by atoms with Crippen molar-refractivity contribution in [1.82, 2.24) is 9.97 Å². The number of nitrogens with zero attached hydrogens (tertiary/aromatic N) is 2. The van der Waals surface area contributed by atoms with Crippen molar-refractivity contribution in [2.75, 3.05) is 5.73 Å². The van der Waals surface area contributed by atoms with Crippen LogP contribution in [-0.4, -0.2) is 9.97 Å². The molecule has 0 saturated heterocycles. The molecule has 0 bridgehead atoms. The molecular formula is C12H15N3S. The Morgan fingerprint density at radius 1 is 1.25 bits per heavy atom. The van der Waals surface area contributed by atoms with Crippen molar-refractivity contribution in [2.45, 2.75) is 26.2 Å². The second-order valence-electron chi connectivity index (χ2n) is 4.76. The Balaban J connectivity index is 2.33. The number of thiazole rings is 1. The topological polar surface area (TPSA) is 51.8 Å². The van der Waals surface area contributed by atoms with Gasteiger partial charge in [-0.25, -0.2) is 4.98 Å². The molecule has 16 heavy (non-hydrogen) atoms. The summed E-state index contributed by atoms with van der Waals surface area (Å²) in [7, 11) is 0. The predicted octanol–water partition coefficient (Wildman–Crippen LogP) is 3.08. The molecule has 0 aliphatic heterocycles. The Bertz CT molecular complexity index is 480. The summed E-state index contributed by atoms with van der Waals surface area (Å²) in [6, 6.07) is 4.10. The SMILES string of the molecule is CC(C)(C)c1ccc(-c2nc(N)cs2)cn1. The molecule has 2 aromatic rings. The molecule has 0 spiro atoms. The molecule has 0 radical (unpaired) electrons. The third-order valence-electron chi connectivity index (χ3n) is 2.30. The van der Waals surface area contributed by atoms with E-state index in [1.54, 1.807) is 0 Å². The predicted molar refractivity (Wildman–Crippen MR) is 68.5 cm³/mol. The first-order valence-corrected chi connectivity index (χ1v) is 6.03. The number of nitrogen functional groups attached to an aromatic ring is 1. The van der Waals surface area contributed by atoms with E-state index in [4.69, 9.17) is 5.73 Å². The van der Waals surface area contributed by atoms with Gasteiger partial charge < -0.3 is 5.73 Å². The van der Waals surface area contributed by atoms with E-state index in [0.29, 0.717) is 5.82 Å². The van der Waals surface area contributed by atoms with Crippen LogP contribution in [0.3, 0.4) is 0 Å².